The zero-order valence-electron chi connectivity index (χ0n) is 10.9. The van der Waals surface area contributed by atoms with Gasteiger partial charge in [-0.3, -0.25) is 4.79 Å². The molecule has 5 nitrogen and oxygen atoms in total. The summed E-state index contributed by atoms with van der Waals surface area (Å²) in [6.45, 7) is 2.02. The van der Waals surface area contributed by atoms with Gasteiger partial charge in [0.2, 0.25) is 5.88 Å². The van der Waals surface area contributed by atoms with Crippen molar-refractivity contribution in [3.05, 3.63) is 57.9 Å². The van der Waals surface area contributed by atoms with Gasteiger partial charge in [-0.25, -0.2) is 4.68 Å². The molecule has 0 fully saturated rings. The molecule has 1 atom stereocenters. The Kier molecular flexibility index (Phi) is 3.97. The van der Waals surface area contributed by atoms with E-state index in [1.807, 2.05) is 31.2 Å². The van der Waals surface area contributed by atoms with Crippen LogP contribution in [0.3, 0.4) is 0 Å². The molecule has 0 aliphatic carbocycles. The van der Waals surface area contributed by atoms with Crippen LogP contribution in [0.5, 0.6) is 5.88 Å². The summed E-state index contributed by atoms with van der Waals surface area (Å²) >= 11 is 0. The monoisotopic (exact) mass is 260 g/mol. The molecule has 19 heavy (non-hydrogen) atoms. The summed E-state index contributed by atoms with van der Waals surface area (Å²) in [7, 11) is 1.48. The lowest BCUT2D eigenvalue weighted by Gasteiger charge is -2.14. The quantitative estimate of drug-likeness (QED) is 0.899. The highest BCUT2D eigenvalue weighted by Crippen LogP contribution is 2.18. The second-order valence-electron chi connectivity index (χ2n) is 4.27. The van der Waals surface area contributed by atoms with Crippen molar-refractivity contribution in [2.45, 2.75) is 19.6 Å². The van der Waals surface area contributed by atoms with Crippen molar-refractivity contribution in [3.63, 3.8) is 0 Å². The molecule has 2 aromatic rings. The molecular formula is C14H16N2O3. The van der Waals surface area contributed by atoms with E-state index in [4.69, 9.17) is 4.74 Å². The lowest BCUT2D eigenvalue weighted by Crippen LogP contribution is -2.25. The normalized spacial score (nSPS) is 12.2. The number of benzene rings is 1. The molecule has 1 aromatic carbocycles. The molecule has 1 heterocycles. The minimum Gasteiger partial charge on any atom is -0.480 e. The van der Waals surface area contributed by atoms with E-state index in [-0.39, 0.29) is 12.1 Å². The SMILES string of the molecule is COc1ccc(=O)n(CC(O)c2ccccc2C)n1. The van der Waals surface area contributed by atoms with Gasteiger partial charge in [0.1, 0.15) is 0 Å². The molecule has 0 saturated heterocycles. The predicted octanol–water partition coefficient (Wildman–Crippen LogP) is 1.29. The Bertz CT molecular complexity index is 622. The Morgan fingerprint density at radius 1 is 1.32 bits per heavy atom. The van der Waals surface area contributed by atoms with Crippen molar-refractivity contribution < 1.29 is 9.84 Å². The summed E-state index contributed by atoms with van der Waals surface area (Å²) in [5, 5.41) is 14.2. The van der Waals surface area contributed by atoms with E-state index in [1.165, 1.54) is 23.9 Å². The van der Waals surface area contributed by atoms with Crippen LogP contribution < -0.4 is 10.3 Å². The van der Waals surface area contributed by atoms with Crippen LogP contribution in [0, 0.1) is 6.92 Å². The third kappa shape index (κ3) is 3.00. The van der Waals surface area contributed by atoms with Crippen LogP contribution in [0.1, 0.15) is 17.2 Å². The lowest BCUT2D eigenvalue weighted by atomic mass is 10.0. The first kappa shape index (κ1) is 13.3. The van der Waals surface area contributed by atoms with E-state index in [9.17, 15) is 9.90 Å². The summed E-state index contributed by atoms with van der Waals surface area (Å²) in [5.74, 6) is 0.344. The number of rotatable bonds is 4. The van der Waals surface area contributed by atoms with Crippen molar-refractivity contribution in [2.24, 2.45) is 0 Å². The fourth-order valence-corrected chi connectivity index (χ4v) is 1.89. The molecule has 1 N–H and O–H groups in total. The lowest BCUT2D eigenvalue weighted by molar-refractivity contribution is 0.147. The number of aryl methyl sites for hydroxylation is 1. The molecule has 5 heteroatoms. The van der Waals surface area contributed by atoms with Gasteiger partial charge in [0.05, 0.1) is 19.8 Å². The Morgan fingerprint density at radius 3 is 2.74 bits per heavy atom. The largest absolute Gasteiger partial charge is 0.480 e. The first-order valence-electron chi connectivity index (χ1n) is 5.97. The Hall–Kier alpha value is -2.14. The topological polar surface area (TPSA) is 64.3 Å². The molecule has 0 radical (unpaired) electrons. The molecule has 100 valence electrons. The highest BCUT2D eigenvalue weighted by molar-refractivity contribution is 5.27. The molecule has 1 unspecified atom stereocenters. The van der Waals surface area contributed by atoms with Crippen molar-refractivity contribution in [2.75, 3.05) is 7.11 Å². The number of aliphatic hydroxyl groups excluding tert-OH is 1. The highest BCUT2D eigenvalue weighted by Gasteiger charge is 2.12. The molecule has 0 amide bonds. The van der Waals surface area contributed by atoms with Crippen molar-refractivity contribution >= 4 is 0 Å². The number of aliphatic hydroxyl groups is 1. The molecule has 0 spiro atoms. The first-order valence-corrected chi connectivity index (χ1v) is 5.97. The zero-order chi connectivity index (χ0) is 13.8. The number of aromatic nitrogens is 2. The maximum absolute atomic E-state index is 11.7. The van der Waals surface area contributed by atoms with E-state index in [0.29, 0.717) is 5.88 Å². The predicted molar refractivity (Wildman–Crippen MR) is 71.2 cm³/mol. The Morgan fingerprint density at radius 2 is 2.05 bits per heavy atom. The standard InChI is InChI=1S/C14H16N2O3/c1-10-5-3-4-6-11(10)12(17)9-16-14(18)8-7-13(15-16)19-2/h3-8,12,17H,9H2,1-2H3. The number of hydrogen-bond acceptors (Lipinski definition) is 4. The fraction of sp³-hybridized carbons (Fsp3) is 0.286. The average Bonchev–Trinajstić information content (AvgIpc) is 2.41. The first-order chi connectivity index (χ1) is 9.11. The Balaban J connectivity index is 2.26. The summed E-state index contributed by atoms with van der Waals surface area (Å²) in [6.07, 6.45) is -0.779. The third-order valence-corrected chi connectivity index (χ3v) is 2.94. The maximum atomic E-state index is 11.7. The van der Waals surface area contributed by atoms with Crippen LogP contribution >= 0.6 is 0 Å². The molecule has 2 rings (SSSR count). The van der Waals surface area contributed by atoms with E-state index in [2.05, 4.69) is 5.10 Å². The van der Waals surface area contributed by atoms with Crippen LogP contribution in [0.2, 0.25) is 0 Å². The second-order valence-corrected chi connectivity index (χ2v) is 4.27. The van der Waals surface area contributed by atoms with Crippen LogP contribution in [0.4, 0.5) is 0 Å². The zero-order valence-corrected chi connectivity index (χ0v) is 10.9. The van der Waals surface area contributed by atoms with Gasteiger partial charge in [-0.15, -0.1) is 5.10 Å². The van der Waals surface area contributed by atoms with Gasteiger partial charge in [-0.2, -0.15) is 0 Å². The van der Waals surface area contributed by atoms with E-state index in [0.717, 1.165) is 11.1 Å². The number of hydrogen-bond donors (Lipinski definition) is 1. The van der Waals surface area contributed by atoms with Gasteiger partial charge in [0, 0.05) is 12.1 Å². The van der Waals surface area contributed by atoms with Crippen LogP contribution in [-0.4, -0.2) is 22.0 Å². The molecule has 0 bridgehead atoms. The van der Waals surface area contributed by atoms with E-state index in [1.54, 1.807) is 0 Å². The summed E-state index contributed by atoms with van der Waals surface area (Å²) in [4.78, 5) is 11.7. The number of nitrogens with zero attached hydrogens (tertiary/aromatic N) is 2. The summed E-state index contributed by atoms with van der Waals surface area (Å²) < 4.78 is 6.17. The number of methoxy groups -OCH3 is 1. The van der Waals surface area contributed by atoms with Gasteiger partial charge in [0.15, 0.2) is 0 Å². The molecule has 0 aliphatic heterocycles. The van der Waals surface area contributed by atoms with Crippen LogP contribution in [0.25, 0.3) is 0 Å². The summed E-state index contributed by atoms with van der Waals surface area (Å²) in [6, 6.07) is 10.4. The van der Waals surface area contributed by atoms with Gasteiger partial charge >= 0.3 is 0 Å². The average molecular weight is 260 g/mol. The van der Waals surface area contributed by atoms with E-state index >= 15 is 0 Å². The van der Waals surface area contributed by atoms with Crippen molar-refractivity contribution in [1.82, 2.24) is 9.78 Å². The van der Waals surface area contributed by atoms with Crippen molar-refractivity contribution in [1.29, 1.82) is 0 Å². The fourth-order valence-electron chi connectivity index (χ4n) is 1.89. The second kappa shape index (κ2) is 5.67. The minimum absolute atomic E-state index is 0.0981. The minimum atomic E-state index is -0.779. The summed E-state index contributed by atoms with van der Waals surface area (Å²) in [5.41, 5.74) is 1.50. The maximum Gasteiger partial charge on any atom is 0.267 e. The molecular weight excluding hydrogens is 244 g/mol. The van der Waals surface area contributed by atoms with Gasteiger partial charge < -0.3 is 9.84 Å². The van der Waals surface area contributed by atoms with Crippen LogP contribution in [0.15, 0.2) is 41.2 Å². The van der Waals surface area contributed by atoms with Crippen LogP contribution in [-0.2, 0) is 6.54 Å². The van der Waals surface area contributed by atoms with Gasteiger partial charge in [-0.1, -0.05) is 24.3 Å². The van der Waals surface area contributed by atoms with E-state index < -0.39 is 6.10 Å². The van der Waals surface area contributed by atoms with Gasteiger partial charge in [0.25, 0.3) is 5.56 Å². The molecule has 0 aliphatic rings. The third-order valence-electron chi connectivity index (χ3n) is 2.94. The molecule has 1 aromatic heterocycles. The molecule has 0 saturated carbocycles. The van der Waals surface area contributed by atoms with Crippen molar-refractivity contribution in [3.8, 4) is 5.88 Å². The number of ether oxygens (including phenoxy) is 1. The van der Waals surface area contributed by atoms with Gasteiger partial charge in [-0.05, 0) is 18.1 Å². The Labute approximate surface area is 111 Å². The smallest absolute Gasteiger partial charge is 0.267 e. The highest BCUT2D eigenvalue weighted by atomic mass is 16.5.